The maximum absolute atomic E-state index is 5.73. The van der Waals surface area contributed by atoms with Crippen LogP contribution < -0.4 is 14.4 Å². The number of quaternary nitrogens is 1. The van der Waals surface area contributed by atoms with E-state index in [2.05, 4.69) is 12.0 Å². The molecule has 6 nitrogen and oxygen atoms in total. The molecule has 0 bridgehead atoms. The molecule has 1 saturated heterocycles. The van der Waals surface area contributed by atoms with Crippen LogP contribution in [0.2, 0.25) is 0 Å². The molecule has 4 rings (SSSR count). The molecular weight excluding hydrogens is 326 g/mol. The molecule has 1 unspecified atom stereocenters. The van der Waals surface area contributed by atoms with Crippen molar-refractivity contribution in [3.63, 3.8) is 0 Å². The monoisotopic (exact) mass is 348 g/mol. The van der Waals surface area contributed by atoms with Gasteiger partial charge < -0.3 is 18.8 Å². The zero-order valence-electron chi connectivity index (χ0n) is 13.8. The minimum atomic E-state index is 0.257. The summed E-state index contributed by atoms with van der Waals surface area (Å²) < 4.78 is 18.3. The number of likely N-dealkylation sites (tertiary alicyclic amines) is 1. The smallest absolute Gasteiger partial charge is 0.292 e. The highest BCUT2D eigenvalue weighted by Gasteiger charge is 2.26. The van der Waals surface area contributed by atoms with Gasteiger partial charge in [0.25, 0.3) is 4.84 Å². The lowest BCUT2D eigenvalue weighted by Crippen LogP contribution is -3.15. The Kier molecular flexibility index (Phi) is 4.28. The minimum Gasteiger partial charge on any atom is -0.454 e. The van der Waals surface area contributed by atoms with E-state index in [1.165, 1.54) is 32.2 Å². The predicted octanol–water partition coefficient (Wildman–Crippen LogP) is 2.41. The van der Waals surface area contributed by atoms with Gasteiger partial charge in [-0.2, -0.15) is 4.68 Å². The third-order valence-corrected chi connectivity index (χ3v) is 5.24. The van der Waals surface area contributed by atoms with Crippen molar-refractivity contribution < 1.29 is 18.8 Å². The van der Waals surface area contributed by atoms with E-state index in [0.717, 1.165) is 23.7 Å². The number of nitrogens with zero attached hydrogens (tertiary/aromatic N) is 2. The summed E-state index contributed by atoms with van der Waals surface area (Å²) in [5.74, 6) is 2.00. The Balaban J connectivity index is 1.57. The second kappa shape index (κ2) is 6.57. The zero-order chi connectivity index (χ0) is 16.5. The fourth-order valence-corrected chi connectivity index (χ4v) is 3.78. The van der Waals surface area contributed by atoms with Gasteiger partial charge in [-0.1, -0.05) is 6.92 Å². The fourth-order valence-electron chi connectivity index (χ4n) is 3.60. The summed E-state index contributed by atoms with van der Waals surface area (Å²) >= 11 is 5.38. The van der Waals surface area contributed by atoms with Crippen LogP contribution in [0.25, 0.3) is 11.5 Å². The molecular formula is C17H22N3O3S+. The van der Waals surface area contributed by atoms with Crippen molar-refractivity contribution in [1.82, 2.24) is 9.78 Å². The van der Waals surface area contributed by atoms with Gasteiger partial charge in [-0.3, -0.25) is 0 Å². The number of hydrogen-bond acceptors (Lipinski definition) is 5. The average molecular weight is 348 g/mol. The molecule has 24 heavy (non-hydrogen) atoms. The summed E-state index contributed by atoms with van der Waals surface area (Å²) in [6.07, 6.45) is 5.07. The quantitative estimate of drug-likeness (QED) is 0.860. The average Bonchev–Trinajstić information content (AvgIpc) is 3.21. The van der Waals surface area contributed by atoms with Crippen molar-refractivity contribution in [3.8, 4) is 23.0 Å². The van der Waals surface area contributed by atoms with Crippen LogP contribution in [0.1, 0.15) is 32.6 Å². The molecule has 1 N–H and O–H groups in total. The van der Waals surface area contributed by atoms with Crippen LogP contribution in [0.3, 0.4) is 0 Å². The highest BCUT2D eigenvalue weighted by atomic mass is 32.1. The lowest BCUT2D eigenvalue weighted by molar-refractivity contribution is -0.953. The highest BCUT2D eigenvalue weighted by Crippen LogP contribution is 2.35. The van der Waals surface area contributed by atoms with E-state index in [4.69, 9.17) is 26.1 Å². The van der Waals surface area contributed by atoms with E-state index >= 15 is 0 Å². The van der Waals surface area contributed by atoms with E-state index in [9.17, 15) is 0 Å². The summed E-state index contributed by atoms with van der Waals surface area (Å²) in [5.41, 5.74) is 0.852. The van der Waals surface area contributed by atoms with Gasteiger partial charge in [-0.15, -0.1) is 5.10 Å². The minimum absolute atomic E-state index is 0.257. The number of ether oxygens (including phenoxy) is 2. The molecule has 1 aromatic heterocycles. The topological polar surface area (TPSA) is 53.9 Å². The first-order chi connectivity index (χ1) is 11.7. The summed E-state index contributed by atoms with van der Waals surface area (Å²) in [6.45, 7) is 4.46. The Morgan fingerprint density at radius 1 is 1.29 bits per heavy atom. The Morgan fingerprint density at radius 3 is 3.04 bits per heavy atom. The first kappa shape index (κ1) is 15.7. The van der Waals surface area contributed by atoms with Gasteiger partial charge in [0, 0.05) is 5.56 Å². The Hall–Kier alpha value is -1.86. The van der Waals surface area contributed by atoms with Crippen LogP contribution in [-0.2, 0) is 6.67 Å². The fraction of sp³-hybridized carbons (Fsp3) is 0.529. The van der Waals surface area contributed by atoms with Crippen molar-refractivity contribution in [2.24, 2.45) is 0 Å². The molecule has 1 aromatic carbocycles. The number of fused-ring (bicyclic) bond motifs is 1. The lowest BCUT2D eigenvalue weighted by atomic mass is 10.0. The molecule has 0 amide bonds. The van der Waals surface area contributed by atoms with E-state index in [0.29, 0.717) is 16.8 Å². The van der Waals surface area contributed by atoms with Gasteiger partial charge in [0.1, 0.15) is 0 Å². The number of rotatable bonds is 4. The van der Waals surface area contributed by atoms with E-state index in [1.807, 2.05) is 22.9 Å². The molecule has 3 heterocycles. The SMILES string of the molecule is CC[C@@H]1CCCC[NH+]1Cn1nc(-c2ccc3c(c2)OCO3)oc1=S. The summed E-state index contributed by atoms with van der Waals surface area (Å²) in [5, 5.41) is 4.60. The largest absolute Gasteiger partial charge is 0.454 e. The molecule has 2 aromatic rings. The number of benzene rings is 1. The van der Waals surface area contributed by atoms with Gasteiger partial charge >= 0.3 is 0 Å². The number of hydrogen-bond donors (Lipinski definition) is 1. The molecule has 7 heteroatoms. The maximum atomic E-state index is 5.73. The first-order valence-electron chi connectivity index (χ1n) is 8.57. The lowest BCUT2D eigenvalue weighted by Gasteiger charge is -2.31. The predicted molar refractivity (Wildman–Crippen MR) is 90.6 cm³/mol. The molecule has 0 saturated carbocycles. The second-order valence-electron chi connectivity index (χ2n) is 6.41. The van der Waals surface area contributed by atoms with Crippen LogP contribution in [0.4, 0.5) is 0 Å². The molecule has 2 aliphatic rings. The maximum Gasteiger partial charge on any atom is 0.292 e. The molecule has 0 spiro atoms. The Morgan fingerprint density at radius 2 is 2.17 bits per heavy atom. The Labute approximate surface area is 146 Å². The van der Waals surface area contributed by atoms with E-state index < -0.39 is 0 Å². The molecule has 0 radical (unpaired) electrons. The number of aromatic nitrogens is 2. The summed E-state index contributed by atoms with van der Waals surface area (Å²) in [4.78, 5) is 1.97. The standard InChI is InChI=1S/C17H21N3O3S/c1-2-13-5-3-4-8-19(13)10-20-17(24)23-16(18-20)12-6-7-14-15(9-12)22-11-21-14/h6-7,9,13H,2-5,8,10-11H2,1H3/p+1/t13-/m1/s1. The Bertz CT molecular complexity index is 786. The van der Waals surface area contributed by atoms with Crippen LogP contribution >= 0.6 is 12.2 Å². The molecule has 0 aliphatic carbocycles. The first-order valence-corrected chi connectivity index (χ1v) is 8.98. The third kappa shape index (κ3) is 2.93. The summed E-state index contributed by atoms with van der Waals surface area (Å²) in [7, 11) is 0. The molecule has 2 atom stereocenters. The zero-order valence-corrected chi connectivity index (χ0v) is 14.6. The highest BCUT2D eigenvalue weighted by molar-refractivity contribution is 7.71. The molecule has 128 valence electrons. The summed E-state index contributed by atoms with van der Waals surface area (Å²) in [6, 6.07) is 6.36. The van der Waals surface area contributed by atoms with Crippen LogP contribution in [0, 0.1) is 4.84 Å². The van der Waals surface area contributed by atoms with E-state index in [-0.39, 0.29) is 6.79 Å². The van der Waals surface area contributed by atoms with Crippen LogP contribution in [-0.4, -0.2) is 29.2 Å². The van der Waals surface area contributed by atoms with Gasteiger partial charge in [0.2, 0.25) is 12.7 Å². The van der Waals surface area contributed by atoms with Crippen molar-refractivity contribution in [1.29, 1.82) is 0 Å². The van der Waals surface area contributed by atoms with Crippen molar-refractivity contribution in [3.05, 3.63) is 23.0 Å². The van der Waals surface area contributed by atoms with Gasteiger partial charge in [0.15, 0.2) is 18.2 Å². The van der Waals surface area contributed by atoms with Crippen LogP contribution in [0.5, 0.6) is 11.5 Å². The third-order valence-electron chi connectivity index (χ3n) is 4.95. The van der Waals surface area contributed by atoms with Gasteiger partial charge in [0.05, 0.1) is 12.6 Å². The second-order valence-corrected chi connectivity index (χ2v) is 6.76. The van der Waals surface area contributed by atoms with E-state index in [1.54, 1.807) is 4.90 Å². The number of nitrogens with one attached hydrogen (secondary N) is 1. The van der Waals surface area contributed by atoms with Crippen molar-refractivity contribution in [2.45, 2.75) is 45.3 Å². The number of piperidine rings is 1. The normalized spacial score (nSPS) is 22.7. The molecule has 1 fully saturated rings. The van der Waals surface area contributed by atoms with Crippen LogP contribution in [0.15, 0.2) is 22.6 Å². The van der Waals surface area contributed by atoms with Crippen molar-refractivity contribution in [2.75, 3.05) is 13.3 Å². The molecule has 2 aliphatic heterocycles. The van der Waals surface area contributed by atoms with Gasteiger partial charge in [-0.05, 0) is 56.1 Å². The van der Waals surface area contributed by atoms with Crippen molar-refractivity contribution >= 4 is 12.2 Å². The van der Waals surface area contributed by atoms with Gasteiger partial charge in [-0.25, -0.2) is 0 Å².